The molecule has 1 amide bonds. The third-order valence-electron chi connectivity index (χ3n) is 3.73. The zero-order valence-corrected chi connectivity index (χ0v) is 16.1. The second-order valence-corrected chi connectivity index (χ2v) is 6.78. The van der Waals surface area contributed by atoms with Crippen LogP contribution in [0.15, 0.2) is 30.3 Å². The van der Waals surface area contributed by atoms with Crippen LogP contribution >= 0.6 is 34.8 Å². The Bertz CT molecular complexity index is 813. The van der Waals surface area contributed by atoms with Gasteiger partial charge in [-0.25, -0.2) is 4.79 Å². The molecule has 0 aromatic heterocycles. The van der Waals surface area contributed by atoms with Crippen molar-refractivity contribution in [2.75, 3.05) is 5.32 Å². The first-order valence-electron chi connectivity index (χ1n) is 7.43. The van der Waals surface area contributed by atoms with Gasteiger partial charge in [0.05, 0.1) is 21.3 Å². The molecule has 2 rings (SSSR count). The molecule has 1 N–H and O–H groups in total. The van der Waals surface area contributed by atoms with Gasteiger partial charge in [-0.15, -0.1) is 0 Å². The summed E-state index contributed by atoms with van der Waals surface area (Å²) in [6.07, 6.45) is -1.03. The molecular formula is C18H16Cl3NO3. The second kappa shape index (κ2) is 8.09. The number of benzene rings is 2. The van der Waals surface area contributed by atoms with Gasteiger partial charge in [-0.2, -0.15) is 0 Å². The van der Waals surface area contributed by atoms with Gasteiger partial charge in [0.2, 0.25) is 0 Å². The second-order valence-electron chi connectivity index (χ2n) is 5.53. The molecule has 25 heavy (non-hydrogen) atoms. The van der Waals surface area contributed by atoms with Crippen LogP contribution in [0.4, 0.5) is 5.69 Å². The summed E-state index contributed by atoms with van der Waals surface area (Å²) < 4.78 is 5.25. The van der Waals surface area contributed by atoms with Crippen molar-refractivity contribution >= 4 is 52.4 Å². The average Bonchev–Trinajstić information content (AvgIpc) is 2.52. The average molecular weight is 401 g/mol. The third kappa shape index (κ3) is 4.66. The van der Waals surface area contributed by atoms with E-state index in [4.69, 9.17) is 39.5 Å². The lowest BCUT2D eigenvalue weighted by atomic mass is 10.0. The number of carbonyl (C=O) groups excluding carboxylic acids is 2. The Labute approximate surface area is 161 Å². The smallest absolute Gasteiger partial charge is 0.339 e. The SMILES string of the molecule is Cc1cccc(C(=O)O[C@H](C)C(=O)Nc2c(Cl)cc(Cl)cc2Cl)c1C. The molecule has 4 nitrogen and oxygen atoms in total. The first-order valence-corrected chi connectivity index (χ1v) is 8.56. The van der Waals surface area contributed by atoms with Gasteiger partial charge < -0.3 is 10.1 Å². The first kappa shape index (κ1) is 19.6. The summed E-state index contributed by atoms with van der Waals surface area (Å²) in [6, 6.07) is 8.22. The highest BCUT2D eigenvalue weighted by atomic mass is 35.5. The number of esters is 1. The van der Waals surface area contributed by atoms with Crippen LogP contribution in [-0.4, -0.2) is 18.0 Å². The lowest BCUT2D eigenvalue weighted by Gasteiger charge is -2.16. The first-order chi connectivity index (χ1) is 11.7. The van der Waals surface area contributed by atoms with Crippen LogP contribution in [-0.2, 0) is 9.53 Å². The number of amides is 1. The molecule has 0 aliphatic heterocycles. The largest absolute Gasteiger partial charge is 0.449 e. The Morgan fingerprint density at radius 2 is 1.68 bits per heavy atom. The molecule has 0 bridgehead atoms. The zero-order valence-electron chi connectivity index (χ0n) is 13.8. The van der Waals surface area contributed by atoms with E-state index in [1.807, 2.05) is 19.9 Å². The van der Waals surface area contributed by atoms with E-state index < -0.39 is 18.0 Å². The molecule has 0 aliphatic rings. The maximum absolute atomic E-state index is 12.3. The van der Waals surface area contributed by atoms with E-state index in [0.717, 1.165) is 11.1 Å². The lowest BCUT2D eigenvalue weighted by molar-refractivity contribution is -0.123. The van der Waals surface area contributed by atoms with Crippen molar-refractivity contribution in [3.8, 4) is 0 Å². The third-order valence-corrected chi connectivity index (χ3v) is 4.55. The van der Waals surface area contributed by atoms with Crippen molar-refractivity contribution in [3.63, 3.8) is 0 Å². The van der Waals surface area contributed by atoms with Crippen molar-refractivity contribution in [3.05, 3.63) is 62.1 Å². The van der Waals surface area contributed by atoms with Crippen LogP contribution in [0.25, 0.3) is 0 Å². The number of hydrogen-bond acceptors (Lipinski definition) is 3. The minimum absolute atomic E-state index is 0.193. The number of hydrogen-bond donors (Lipinski definition) is 1. The molecule has 2 aromatic rings. The molecule has 0 aliphatic carbocycles. The zero-order chi connectivity index (χ0) is 18.7. The topological polar surface area (TPSA) is 55.4 Å². The molecule has 0 fully saturated rings. The van der Waals surface area contributed by atoms with E-state index in [-0.39, 0.29) is 15.7 Å². The number of halogens is 3. The van der Waals surface area contributed by atoms with Crippen LogP contribution in [0.2, 0.25) is 15.1 Å². The van der Waals surface area contributed by atoms with Gasteiger partial charge >= 0.3 is 5.97 Å². The van der Waals surface area contributed by atoms with E-state index in [1.165, 1.54) is 19.1 Å². The fraction of sp³-hybridized carbons (Fsp3) is 0.222. The monoisotopic (exact) mass is 399 g/mol. The van der Waals surface area contributed by atoms with Gasteiger partial charge in [0.15, 0.2) is 6.10 Å². The predicted octanol–water partition coefficient (Wildman–Crippen LogP) is 5.45. The molecule has 2 aromatic carbocycles. The minimum atomic E-state index is -1.03. The molecule has 0 radical (unpaired) electrons. The fourth-order valence-electron chi connectivity index (χ4n) is 2.14. The van der Waals surface area contributed by atoms with E-state index in [9.17, 15) is 9.59 Å². The van der Waals surface area contributed by atoms with Crippen molar-refractivity contribution in [2.24, 2.45) is 0 Å². The van der Waals surface area contributed by atoms with E-state index in [0.29, 0.717) is 10.6 Å². The minimum Gasteiger partial charge on any atom is -0.449 e. The number of anilines is 1. The maximum Gasteiger partial charge on any atom is 0.339 e. The van der Waals surface area contributed by atoms with Crippen molar-refractivity contribution in [1.29, 1.82) is 0 Å². The highest BCUT2D eigenvalue weighted by Gasteiger charge is 2.22. The normalized spacial score (nSPS) is 11.8. The predicted molar refractivity (Wildman–Crippen MR) is 101 cm³/mol. The van der Waals surface area contributed by atoms with Gasteiger partial charge in [0.1, 0.15) is 0 Å². The number of rotatable bonds is 4. The van der Waals surface area contributed by atoms with Crippen LogP contribution < -0.4 is 5.32 Å². The molecule has 132 valence electrons. The lowest BCUT2D eigenvalue weighted by Crippen LogP contribution is -2.30. The summed E-state index contributed by atoms with van der Waals surface area (Å²) in [7, 11) is 0. The van der Waals surface area contributed by atoms with Gasteiger partial charge in [0, 0.05) is 5.02 Å². The van der Waals surface area contributed by atoms with Crippen LogP contribution in [0.3, 0.4) is 0 Å². The summed E-state index contributed by atoms with van der Waals surface area (Å²) in [5, 5.41) is 3.29. The van der Waals surface area contributed by atoms with Crippen molar-refractivity contribution < 1.29 is 14.3 Å². The molecule has 0 heterocycles. The highest BCUT2D eigenvalue weighted by Crippen LogP contribution is 2.33. The highest BCUT2D eigenvalue weighted by molar-refractivity contribution is 6.42. The van der Waals surface area contributed by atoms with Gasteiger partial charge in [-0.05, 0) is 50.1 Å². The number of carbonyl (C=O) groups is 2. The van der Waals surface area contributed by atoms with Gasteiger partial charge in [-0.1, -0.05) is 46.9 Å². The van der Waals surface area contributed by atoms with Crippen molar-refractivity contribution in [1.82, 2.24) is 0 Å². The number of aryl methyl sites for hydroxylation is 1. The molecule has 0 saturated heterocycles. The summed E-state index contributed by atoms with van der Waals surface area (Å²) in [5.41, 5.74) is 2.41. The molecule has 0 spiro atoms. The van der Waals surface area contributed by atoms with Crippen LogP contribution in [0, 0.1) is 13.8 Å². The quantitative estimate of drug-likeness (QED) is 0.694. The summed E-state index contributed by atoms with van der Waals surface area (Å²) in [6.45, 7) is 5.19. The number of nitrogens with one attached hydrogen (secondary N) is 1. The summed E-state index contributed by atoms with van der Waals surface area (Å²) in [4.78, 5) is 24.6. The Hall–Kier alpha value is -1.75. The Kier molecular flexibility index (Phi) is 6.33. The molecule has 7 heteroatoms. The fourth-order valence-corrected chi connectivity index (χ4v) is 3.05. The molecule has 1 atom stereocenters. The summed E-state index contributed by atoms with van der Waals surface area (Å²) in [5.74, 6) is -1.12. The standard InChI is InChI=1S/C18H16Cl3NO3/c1-9-5-4-6-13(10(9)2)18(24)25-11(3)17(23)22-16-14(20)7-12(19)8-15(16)21/h4-8,11H,1-3H3,(H,22,23)/t11-/m1/s1. The van der Waals surface area contributed by atoms with Crippen molar-refractivity contribution in [2.45, 2.75) is 26.9 Å². The van der Waals surface area contributed by atoms with Crippen LogP contribution in [0.5, 0.6) is 0 Å². The van der Waals surface area contributed by atoms with E-state index in [1.54, 1.807) is 12.1 Å². The van der Waals surface area contributed by atoms with Gasteiger partial charge in [0.25, 0.3) is 5.91 Å². The number of ether oxygens (including phenoxy) is 1. The van der Waals surface area contributed by atoms with Gasteiger partial charge in [-0.3, -0.25) is 4.79 Å². The van der Waals surface area contributed by atoms with Crippen LogP contribution in [0.1, 0.15) is 28.4 Å². The Morgan fingerprint density at radius 1 is 1.08 bits per heavy atom. The Balaban J connectivity index is 2.11. The molecular weight excluding hydrogens is 385 g/mol. The van der Waals surface area contributed by atoms with E-state index in [2.05, 4.69) is 5.32 Å². The van der Waals surface area contributed by atoms with E-state index >= 15 is 0 Å². The molecule has 0 unspecified atom stereocenters. The maximum atomic E-state index is 12.3. The molecule has 0 saturated carbocycles. The Morgan fingerprint density at radius 3 is 2.28 bits per heavy atom. The summed E-state index contributed by atoms with van der Waals surface area (Å²) >= 11 is 17.9.